The van der Waals surface area contributed by atoms with Gasteiger partial charge in [0.2, 0.25) is 0 Å². The van der Waals surface area contributed by atoms with Crippen LogP contribution in [0.1, 0.15) is 41.5 Å². The van der Waals surface area contributed by atoms with Crippen LogP contribution in [-0.4, -0.2) is 16.1 Å². The van der Waals surface area contributed by atoms with Gasteiger partial charge in [-0.15, -0.1) is 0 Å². The van der Waals surface area contributed by atoms with Gasteiger partial charge in [-0.2, -0.15) is 0 Å². The van der Waals surface area contributed by atoms with Crippen LogP contribution < -0.4 is 0 Å². The van der Waals surface area contributed by atoms with Crippen molar-refractivity contribution in [3.8, 4) is 0 Å². The minimum atomic E-state index is -0.0741. The fourth-order valence-corrected chi connectivity index (χ4v) is 3.12. The van der Waals surface area contributed by atoms with Gasteiger partial charge < -0.3 is 4.57 Å². The number of hydrogen-bond donors (Lipinski definition) is 0. The number of rotatable bonds is 3. The Morgan fingerprint density at radius 3 is 2.29 bits per heavy atom. The Hall–Kier alpha value is -2.42. The first-order chi connectivity index (χ1) is 10.1. The number of carbonyl (C=O) groups is 2. The molecule has 0 N–H and O–H groups in total. The SMILES string of the molecule is CCn1c2ccccc2c2ccc(C(C)=O)c(C(C)=O)c21. The molecule has 2 aromatic carbocycles. The van der Waals surface area contributed by atoms with Crippen molar-refractivity contribution in [1.29, 1.82) is 0 Å². The monoisotopic (exact) mass is 279 g/mol. The summed E-state index contributed by atoms with van der Waals surface area (Å²) in [4.78, 5) is 24.0. The summed E-state index contributed by atoms with van der Waals surface area (Å²) < 4.78 is 2.12. The van der Waals surface area contributed by atoms with Crippen molar-refractivity contribution in [2.24, 2.45) is 0 Å². The summed E-state index contributed by atoms with van der Waals surface area (Å²) in [6.45, 7) is 5.84. The van der Waals surface area contributed by atoms with E-state index in [1.807, 2.05) is 18.2 Å². The van der Waals surface area contributed by atoms with E-state index in [-0.39, 0.29) is 11.6 Å². The van der Waals surface area contributed by atoms with Gasteiger partial charge >= 0.3 is 0 Å². The maximum absolute atomic E-state index is 12.2. The van der Waals surface area contributed by atoms with Crippen molar-refractivity contribution < 1.29 is 9.59 Å². The average Bonchev–Trinajstić information content (AvgIpc) is 2.79. The van der Waals surface area contributed by atoms with Gasteiger partial charge in [-0.25, -0.2) is 0 Å². The molecule has 0 aliphatic heterocycles. The Morgan fingerprint density at radius 1 is 0.952 bits per heavy atom. The van der Waals surface area contributed by atoms with Gasteiger partial charge in [0.15, 0.2) is 11.6 Å². The number of benzene rings is 2. The molecule has 0 fully saturated rings. The lowest BCUT2D eigenvalue weighted by Gasteiger charge is -2.10. The molecule has 3 heteroatoms. The zero-order chi connectivity index (χ0) is 15.1. The summed E-state index contributed by atoms with van der Waals surface area (Å²) in [5, 5.41) is 2.15. The normalized spacial score (nSPS) is 11.2. The predicted octanol–water partition coefficient (Wildman–Crippen LogP) is 4.22. The number of hydrogen-bond acceptors (Lipinski definition) is 2. The Bertz CT molecular complexity index is 887. The van der Waals surface area contributed by atoms with Gasteiger partial charge in [0.1, 0.15) is 0 Å². The highest BCUT2D eigenvalue weighted by molar-refractivity contribution is 6.20. The quantitative estimate of drug-likeness (QED) is 0.673. The third kappa shape index (κ3) is 1.88. The molecule has 0 saturated heterocycles. The van der Waals surface area contributed by atoms with E-state index in [1.54, 1.807) is 6.07 Å². The summed E-state index contributed by atoms with van der Waals surface area (Å²) in [6, 6.07) is 11.8. The third-order valence-electron chi connectivity index (χ3n) is 3.98. The van der Waals surface area contributed by atoms with E-state index < -0.39 is 0 Å². The molecule has 1 heterocycles. The smallest absolute Gasteiger partial charge is 0.162 e. The minimum absolute atomic E-state index is 0.0664. The molecule has 0 saturated carbocycles. The first-order valence-corrected chi connectivity index (χ1v) is 7.12. The van der Waals surface area contributed by atoms with Crippen molar-refractivity contribution in [3.05, 3.63) is 47.5 Å². The zero-order valence-corrected chi connectivity index (χ0v) is 12.4. The molecule has 0 aliphatic rings. The molecule has 0 spiro atoms. The van der Waals surface area contributed by atoms with Crippen LogP contribution in [0.2, 0.25) is 0 Å². The zero-order valence-electron chi connectivity index (χ0n) is 12.4. The first kappa shape index (κ1) is 13.6. The van der Waals surface area contributed by atoms with Crippen molar-refractivity contribution >= 4 is 33.4 Å². The number of aryl methyl sites for hydroxylation is 1. The van der Waals surface area contributed by atoms with Gasteiger partial charge in [-0.3, -0.25) is 9.59 Å². The molecule has 0 atom stereocenters. The molecule has 3 aromatic rings. The van der Waals surface area contributed by atoms with Crippen LogP contribution in [-0.2, 0) is 6.54 Å². The van der Waals surface area contributed by atoms with Crippen molar-refractivity contribution in [2.75, 3.05) is 0 Å². The number of ketones is 2. The molecular formula is C18H17NO2. The number of nitrogens with zero attached hydrogens (tertiary/aromatic N) is 1. The summed E-state index contributed by atoms with van der Waals surface area (Å²) >= 11 is 0. The van der Waals surface area contributed by atoms with Crippen LogP contribution in [0.4, 0.5) is 0 Å². The molecule has 1 aromatic heterocycles. The molecule has 0 aliphatic carbocycles. The van der Waals surface area contributed by atoms with E-state index in [9.17, 15) is 9.59 Å². The Balaban J connectivity index is 2.61. The molecule has 106 valence electrons. The number of carbonyl (C=O) groups excluding carboxylic acids is 2. The highest BCUT2D eigenvalue weighted by atomic mass is 16.1. The van der Waals surface area contributed by atoms with Crippen LogP contribution in [0.3, 0.4) is 0 Å². The lowest BCUT2D eigenvalue weighted by molar-refractivity contribution is 0.0982. The van der Waals surface area contributed by atoms with E-state index >= 15 is 0 Å². The van der Waals surface area contributed by atoms with Gasteiger partial charge in [0.05, 0.1) is 11.1 Å². The second kappa shape index (κ2) is 4.85. The predicted molar refractivity (Wildman–Crippen MR) is 85.1 cm³/mol. The number of Topliss-reactive ketones (excluding diaryl/α,β-unsaturated/α-hetero) is 2. The molecular weight excluding hydrogens is 262 g/mol. The maximum atomic E-state index is 12.2. The average molecular weight is 279 g/mol. The van der Waals surface area contributed by atoms with Gasteiger partial charge in [0, 0.05) is 28.4 Å². The Kier molecular flexibility index (Phi) is 3.13. The van der Waals surface area contributed by atoms with E-state index in [4.69, 9.17) is 0 Å². The summed E-state index contributed by atoms with van der Waals surface area (Å²) in [5.41, 5.74) is 3.02. The van der Waals surface area contributed by atoms with Crippen LogP contribution in [0.5, 0.6) is 0 Å². The van der Waals surface area contributed by atoms with Crippen LogP contribution in [0, 0.1) is 0 Å². The third-order valence-corrected chi connectivity index (χ3v) is 3.98. The standard InChI is InChI=1S/C18H17NO2/c1-4-19-16-8-6-5-7-14(16)15-10-9-13(11(2)20)17(12(3)21)18(15)19/h5-10H,4H2,1-3H3. The second-order valence-electron chi connectivity index (χ2n) is 5.26. The van der Waals surface area contributed by atoms with Crippen molar-refractivity contribution in [3.63, 3.8) is 0 Å². The highest BCUT2D eigenvalue weighted by Crippen LogP contribution is 2.33. The van der Waals surface area contributed by atoms with Crippen LogP contribution >= 0.6 is 0 Å². The number of fused-ring (bicyclic) bond motifs is 3. The molecule has 0 radical (unpaired) electrons. The van der Waals surface area contributed by atoms with E-state index in [0.717, 1.165) is 28.4 Å². The molecule has 21 heavy (non-hydrogen) atoms. The Morgan fingerprint density at radius 2 is 1.67 bits per heavy atom. The molecule has 0 amide bonds. The van der Waals surface area contributed by atoms with E-state index in [1.165, 1.54) is 13.8 Å². The number of aromatic nitrogens is 1. The molecule has 3 nitrogen and oxygen atoms in total. The lowest BCUT2D eigenvalue weighted by Crippen LogP contribution is -2.07. The summed E-state index contributed by atoms with van der Waals surface area (Å²) in [7, 11) is 0. The Labute approximate surface area is 123 Å². The van der Waals surface area contributed by atoms with Crippen molar-refractivity contribution in [2.45, 2.75) is 27.3 Å². The fourth-order valence-electron chi connectivity index (χ4n) is 3.12. The maximum Gasteiger partial charge on any atom is 0.162 e. The highest BCUT2D eigenvalue weighted by Gasteiger charge is 2.20. The second-order valence-corrected chi connectivity index (χ2v) is 5.26. The fraction of sp³-hybridized carbons (Fsp3) is 0.222. The number of para-hydroxylation sites is 1. The van der Waals surface area contributed by atoms with Gasteiger partial charge in [-0.1, -0.05) is 24.3 Å². The summed E-state index contributed by atoms with van der Waals surface area (Å²) in [6.07, 6.45) is 0. The summed E-state index contributed by atoms with van der Waals surface area (Å²) in [5.74, 6) is -0.140. The van der Waals surface area contributed by atoms with E-state index in [2.05, 4.69) is 23.6 Å². The topological polar surface area (TPSA) is 39.1 Å². The molecule has 0 bridgehead atoms. The van der Waals surface area contributed by atoms with Crippen LogP contribution in [0.15, 0.2) is 36.4 Å². The molecule has 3 rings (SSSR count). The van der Waals surface area contributed by atoms with Crippen molar-refractivity contribution in [1.82, 2.24) is 4.57 Å². The van der Waals surface area contributed by atoms with Gasteiger partial charge in [0.25, 0.3) is 0 Å². The first-order valence-electron chi connectivity index (χ1n) is 7.12. The minimum Gasteiger partial charge on any atom is -0.340 e. The lowest BCUT2D eigenvalue weighted by atomic mass is 9.97. The largest absolute Gasteiger partial charge is 0.340 e. The van der Waals surface area contributed by atoms with Crippen LogP contribution in [0.25, 0.3) is 21.8 Å². The van der Waals surface area contributed by atoms with E-state index in [0.29, 0.717) is 11.1 Å². The van der Waals surface area contributed by atoms with Gasteiger partial charge in [-0.05, 0) is 32.9 Å². The molecule has 0 unspecified atom stereocenters.